The van der Waals surface area contributed by atoms with E-state index in [1.54, 1.807) is 23.1 Å². The molecule has 0 spiro atoms. The number of hydrogen-bond acceptors (Lipinski definition) is 2. The van der Waals surface area contributed by atoms with Crippen molar-refractivity contribution in [2.24, 2.45) is 11.8 Å². The number of amides is 2. The Morgan fingerprint density at radius 3 is 2.89 bits per heavy atom. The van der Waals surface area contributed by atoms with Crippen molar-refractivity contribution >= 4 is 39.2 Å². The Bertz CT molecular complexity index is 484. The maximum Gasteiger partial charge on any atom is 0.321 e. The van der Waals surface area contributed by atoms with Gasteiger partial charge in [-0.1, -0.05) is 18.5 Å². The highest BCUT2D eigenvalue weighted by molar-refractivity contribution is 9.10. The van der Waals surface area contributed by atoms with E-state index < -0.39 is 0 Å². The van der Waals surface area contributed by atoms with E-state index in [1.807, 2.05) is 6.92 Å². The highest BCUT2D eigenvalue weighted by atomic mass is 79.9. The van der Waals surface area contributed by atoms with Crippen LogP contribution in [-0.4, -0.2) is 35.7 Å². The molecule has 19 heavy (non-hydrogen) atoms. The predicted octanol–water partition coefficient (Wildman–Crippen LogP) is 3.19. The number of aliphatic hydroxyl groups excluding tert-OH is 1. The molecule has 4 nitrogen and oxygen atoms in total. The quantitative estimate of drug-likeness (QED) is 0.863. The molecule has 0 radical (unpaired) electrons. The minimum absolute atomic E-state index is 0.120. The molecule has 2 N–H and O–H groups in total. The largest absolute Gasteiger partial charge is 0.396 e. The molecular formula is C13H16BrClN2O2. The molecule has 6 heteroatoms. The highest BCUT2D eigenvalue weighted by Crippen LogP contribution is 2.27. The van der Waals surface area contributed by atoms with Crippen molar-refractivity contribution in [3.05, 3.63) is 27.7 Å². The minimum atomic E-state index is -0.152. The maximum absolute atomic E-state index is 12.1. The number of halogens is 2. The summed E-state index contributed by atoms with van der Waals surface area (Å²) in [6.07, 6.45) is 0. The van der Waals surface area contributed by atoms with E-state index in [1.165, 1.54) is 0 Å². The van der Waals surface area contributed by atoms with Gasteiger partial charge < -0.3 is 15.3 Å². The average molecular weight is 348 g/mol. The zero-order valence-corrected chi connectivity index (χ0v) is 12.9. The summed E-state index contributed by atoms with van der Waals surface area (Å²) in [5.74, 6) is 0.489. The predicted molar refractivity (Wildman–Crippen MR) is 79.5 cm³/mol. The average Bonchev–Trinajstić information content (AvgIpc) is 2.75. The van der Waals surface area contributed by atoms with Crippen molar-refractivity contribution in [1.29, 1.82) is 0 Å². The number of likely N-dealkylation sites (tertiary alicyclic amines) is 1. The molecule has 0 aromatic heterocycles. The van der Waals surface area contributed by atoms with E-state index in [2.05, 4.69) is 21.2 Å². The van der Waals surface area contributed by atoms with Crippen LogP contribution in [0.1, 0.15) is 6.92 Å². The maximum atomic E-state index is 12.1. The minimum Gasteiger partial charge on any atom is -0.396 e. The molecule has 0 aliphatic carbocycles. The Labute approximate surface area is 125 Å². The summed E-state index contributed by atoms with van der Waals surface area (Å²) in [6, 6.07) is 5.13. The number of rotatable bonds is 2. The first-order valence-corrected chi connectivity index (χ1v) is 7.30. The van der Waals surface area contributed by atoms with E-state index in [9.17, 15) is 9.90 Å². The normalized spacial score (nSPS) is 22.6. The molecule has 1 fully saturated rings. The monoisotopic (exact) mass is 346 g/mol. The van der Waals surface area contributed by atoms with Crippen LogP contribution in [0.15, 0.2) is 22.7 Å². The molecular weight excluding hydrogens is 332 g/mol. The lowest BCUT2D eigenvalue weighted by atomic mass is 10.00. The van der Waals surface area contributed by atoms with Gasteiger partial charge in [0, 0.05) is 35.8 Å². The molecule has 1 aromatic carbocycles. The van der Waals surface area contributed by atoms with E-state index in [0.717, 1.165) is 4.47 Å². The van der Waals surface area contributed by atoms with E-state index in [4.69, 9.17) is 11.6 Å². The zero-order valence-electron chi connectivity index (χ0n) is 10.6. The second-order valence-corrected chi connectivity index (χ2v) is 6.15. The van der Waals surface area contributed by atoms with Gasteiger partial charge in [0.25, 0.3) is 0 Å². The van der Waals surface area contributed by atoms with Crippen LogP contribution >= 0.6 is 27.5 Å². The third-order valence-corrected chi connectivity index (χ3v) is 4.69. The van der Waals surface area contributed by atoms with Crippen LogP contribution in [0.3, 0.4) is 0 Å². The first kappa shape index (κ1) is 14.6. The van der Waals surface area contributed by atoms with Crippen LogP contribution in [-0.2, 0) is 0 Å². The lowest BCUT2D eigenvalue weighted by Crippen LogP contribution is -2.33. The number of urea groups is 1. The van der Waals surface area contributed by atoms with Gasteiger partial charge in [0.2, 0.25) is 0 Å². The van der Waals surface area contributed by atoms with Crippen molar-refractivity contribution in [1.82, 2.24) is 4.90 Å². The standard InChI is InChI=1S/C13H16BrClN2O2/c1-8-5-17(6-9(8)7-18)13(19)16-10-2-3-11(14)12(15)4-10/h2-4,8-9,18H,5-7H2,1H3,(H,16,19)/t8-,9+/m1/s1. The number of nitrogens with zero attached hydrogens (tertiary/aromatic N) is 1. The number of benzene rings is 1. The second-order valence-electron chi connectivity index (χ2n) is 4.88. The SMILES string of the molecule is C[C@@H]1CN(C(=O)Nc2ccc(Br)c(Cl)c2)C[C@H]1CO. The number of nitrogens with one attached hydrogen (secondary N) is 1. The summed E-state index contributed by atoms with van der Waals surface area (Å²) >= 11 is 9.28. The lowest BCUT2D eigenvalue weighted by Gasteiger charge is -2.17. The highest BCUT2D eigenvalue weighted by Gasteiger charge is 2.31. The number of aliphatic hydroxyl groups is 1. The van der Waals surface area contributed by atoms with E-state index >= 15 is 0 Å². The molecule has 0 bridgehead atoms. The Kier molecular flexibility index (Phi) is 4.71. The number of anilines is 1. The van der Waals surface area contributed by atoms with Gasteiger partial charge in [0.15, 0.2) is 0 Å². The molecule has 1 aliphatic rings. The van der Waals surface area contributed by atoms with Crippen molar-refractivity contribution in [2.45, 2.75) is 6.92 Å². The number of carbonyl (C=O) groups excluding carboxylic acids is 1. The second kappa shape index (κ2) is 6.11. The van der Waals surface area contributed by atoms with Crippen LogP contribution in [0.2, 0.25) is 5.02 Å². The molecule has 2 atom stereocenters. The first-order valence-electron chi connectivity index (χ1n) is 6.13. The Morgan fingerprint density at radius 1 is 1.58 bits per heavy atom. The zero-order chi connectivity index (χ0) is 14.0. The van der Waals surface area contributed by atoms with Crippen LogP contribution in [0.4, 0.5) is 10.5 Å². The fraction of sp³-hybridized carbons (Fsp3) is 0.462. The van der Waals surface area contributed by atoms with E-state index in [-0.39, 0.29) is 18.6 Å². The summed E-state index contributed by atoms with van der Waals surface area (Å²) < 4.78 is 0.794. The topological polar surface area (TPSA) is 52.6 Å². The smallest absolute Gasteiger partial charge is 0.321 e. The van der Waals surface area contributed by atoms with Gasteiger partial charge in [-0.2, -0.15) is 0 Å². The molecule has 2 amide bonds. The fourth-order valence-corrected chi connectivity index (χ4v) is 2.64. The fourth-order valence-electron chi connectivity index (χ4n) is 2.21. The third kappa shape index (κ3) is 3.41. The van der Waals surface area contributed by atoms with Crippen molar-refractivity contribution in [3.8, 4) is 0 Å². The summed E-state index contributed by atoms with van der Waals surface area (Å²) in [6.45, 7) is 3.43. The van der Waals surface area contributed by atoms with Crippen LogP contribution in [0.5, 0.6) is 0 Å². The van der Waals surface area contributed by atoms with Gasteiger partial charge in [-0.3, -0.25) is 0 Å². The van der Waals surface area contributed by atoms with Crippen LogP contribution < -0.4 is 5.32 Å². The lowest BCUT2D eigenvalue weighted by molar-refractivity contribution is 0.202. The molecule has 1 saturated heterocycles. The third-order valence-electron chi connectivity index (χ3n) is 3.46. The van der Waals surface area contributed by atoms with Gasteiger partial charge in [-0.25, -0.2) is 4.79 Å². The Balaban J connectivity index is 2.00. The molecule has 0 saturated carbocycles. The van der Waals surface area contributed by atoms with Gasteiger partial charge in [0.05, 0.1) is 5.02 Å². The summed E-state index contributed by atoms with van der Waals surface area (Å²) in [7, 11) is 0. The van der Waals surface area contributed by atoms with Crippen molar-refractivity contribution < 1.29 is 9.90 Å². The van der Waals surface area contributed by atoms with Gasteiger partial charge >= 0.3 is 6.03 Å². The summed E-state index contributed by atoms with van der Waals surface area (Å²) in [5, 5.41) is 12.6. The Morgan fingerprint density at radius 2 is 2.32 bits per heavy atom. The van der Waals surface area contributed by atoms with Crippen LogP contribution in [0.25, 0.3) is 0 Å². The molecule has 1 aliphatic heterocycles. The van der Waals surface area contributed by atoms with Gasteiger partial charge in [0.1, 0.15) is 0 Å². The number of hydrogen-bond donors (Lipinski definition) is 2. The Hall–Kier alpha value is -0.780. The van der Waals surface area contributed by atoms with E-state index in [0.29, 0.717) is 29.7 Å². The molecule has 2 rings (SSSR count). The molecule has 0 unspecified atom stereocenters. The summed E-state index contributed by atoms with van der Waals surface area (Å²) in [5.41, 5.74) is 0.665. The molecule has 1 aromatic rings. The summed E-state index contributed by atoms with van der Waals surface area (Å²) in [4.78, 5) is 13.8. The van der Waals surface area contributed by atoms with Gasteiger partial charge in [-0.05, 0) is 40.0 Å². The first-order chi connectivity index (χ1) is 9.01. The number of carbonyl (C=O) groups is 1. The van der Waals surface area contributed by atoms with Crippen molar-refractivity contribution in [2.75, 3.05) is 25.0 Å². The van der Waals surface area contributed by atoms with Gasteiger partial charge in [-0.15, -0.1) is 0 Å². The molecule has 1 heterocycles. The molecule has 104 valence electrons. The van der Waals surface area contributed by atoms with Crippen LogP contribution in [0, 0.1) is 11.8 Å². The van der Waals surface area contributed by atoms with Crippen molar-refractivity contribution in [3.63, 3.8) is 0 Å².